The molecule has 0 fully saturated rings. The molecule has 0 saturated carbocycles. The van der Waals surface area contributed by atoms with Crippen LogP contribution in [0.15, 0.2) is 35.4 Å². The summed E-state index contributed by atoms with van der Waals surface area (Å²) in [6, 6.07) is 3.61. The molecule has 0 unspecified atom stereocenters. The molecule has 0 spiro atoms. The van der Waals surface area contributed by atoms with Gasteiger partial charge in [-0.2, -0.15) is 0 Å². The molecule has 0 bridgehead atoms. The van der Waals surface area contributed by atoms with Crippen LogP contribution in [-0.2, 0) is 10.0 Å². The molecule has 20 heavy (non-hydrogen) atoms. The quantitative estimate of drug-likeness (QED) is 0.908. The normalized spacial score (nSPS) is 11.3. The highest BCUT2D eigenvalue weighted by atomic mass is 32.2. The maximum atomic E-state index is 13.5. The SMILES string of the molecule is Cc1cc(NS(=O)(=O)c2ccc(F)cc2F)ncc1N. The smallest absolute Gasteiger partial charge is 0.265 e. The van der Waals surface area contributed by atoms with E-state index in [0.717, 1.165) is 12.1 Å². The lowest BCUT2D eigenvalue weighted by molar-refractivity contribution is 0.551. The molecule has 3 N–H and O–H groups in total. The predicted molar refractivity (Wildman–Crippen MR) is 70.6 cm³/mol. The van der Waals surface area contributed by atoms with E-state index in [4.69, 9.17) is 5.73 Å². The first-order chi connectivity index (χ1) is 9.29. The average molecular weight is 299 g/mol. The standard InChI is InChI=1S/C12H11F2N3O2S/c1-7-4-12(16-6-10(7)15)17-20(18,19)11-3-2-8(13)5-9(11)14/h2-6H,15H2,1H3,(H,16,17). The van der Waals surface area contributed by atoms with Crippen molar-refractivity contribution in [2.45, 2.75) is 11.8 Å². The average Bonchev–Trinajstić information content (AvgIpc) is 2.33. The molecule has 0 aliphatic carbocycles. The van der Waals surface area contributed by atoms with E-state index in [2.05, 4.69) is 9.71 Å². The van der Waals surface area contributed by atoms with Crippen molar-refractivity contribution >= 4 is 21.5 Å². The van der Waals surface area contributed by atoms with E-state index >= 15 is 0 Å². The molecular weight excluding hydrogens is 288 g/mol. The zero-order valence-electron chi connectivity index (χ0n) is 10.4. The second-order valence-electron chi connectivity index (χ2n) is 4.11. The highest BCUT2D eigenvalue weighted by molar-refractivity contribution is 7.92. The maximum Gasteiger partial charge on any atom is 0.265 e. The number of pyridine rings is 1. The highest BCUT2D eigenvalue weighted by Crippen LogP contribution is 2.20. The fourth-order valence-corrected chi connectivity index (χ4v) is 2.57. The van der Waals surface area contributed by atoms with Crippen LogP contribution in [0.1, 0.15) is 5.56 Å². The third-order valence-electron chi connectivity index (χ3n) is 2.57. The van der Waals surface area contributed by atoms with Crippen LogP contribution >= 0.6 is 0 Å². The van der Waals surface area contributed by atoms with E-state index in [9.17, 15) is 17.2 Å². The molecule has 0 aliphatic rings. The van der Waals surface area contributed by atoms with E-state index < -0.39 is 26.6 Å². The Kier molecular flexibility index (Phi) is 3.58. The topological polar surface area (TPSA) is 85.1 Å². The molecule has 0 saturated heterocycles. The Morgan fingerprint density at radius 2 is 1.95 bits per heavy atom. The summed E-state index contributed by atoms with van der Waals surface area (Å²) in [5.74, 6) is -2.03. The van der Waals surface area contributed by atoms with Crippen molar-refractivity contribution in [3.05, 3.63) is 47.7 Å². The Bertz CT molecular complexity index is 763. The fourth-order valence-electron chi connectivity index (χ4n) is 1.51. The number of nitrogen functional groups attached to an aromatic ring is 1. The number of aryl methyl sites for hydroxylation is 1. The van der Waals surface area contributed by atoms with Gasteiger partial charge in [0.05, 0.1) is 11.9 Å². The van der Waals surface area contributed by atoms with E-state index in [1.165, 1.54) is 12.3 Å². The molecule has 2 aromatic rings. The zero-order valence-corrected chi connectivity index (χ0v) is 11.2. The summed E-state index contributed by atoms with van der Waals surface area (Å²) in [5.41, 5.74) is 6.59. The Hall–Kier alpha value is -2.22. The number of aromatic nitrogens is 1. The number of hydrogen-bond acceptors (Lipinski definition) is 4. The van der Waals surface area contributed by atoms with Crippen LogP contribution in [-0.4, -0.2) is 13.4 Å². The van der Waals surface area contributed by atoms with Crippen molar-refractivity contribution in [1.29, 1.82) is 0 Å². The van der Waals surface area contributed by atoms with Gasteiger partial charge < -0.3 is 5.73 Å². The minimum atomic E-state index is -4.19. The lowest BCUT2D eigenvalue weighted by atomic mass is 10.2. The largest absolute Gasteiger partial charge is 0.397 e. The minimum absolute atomic E-state index is 0.000394. The van der Waals surface area contributed by atoms with Crippen molar-refractivity contribution in [3.8, 4) is 0 Å². The van der Waals surface area contributed by atoms with Gasteiger partial charge in [0, 0.05) is 6.07 Å². The summed E-state index contributed by atoms with van der Waals surface area (Å²) in [6.45, 7) is 1.67. The first kappa shape index (κ1) is 14.2. The van der Waals surface area contributed by atoms with Crippen molar-refractivity contribution in [2.75, 3.05) is 10.5 Å². The van der Waals surface area contributed by atoms with Crippen LogP contribution in [0.4, 0.5) is 20.3 Å². The van der Waals surface area contributed by atoms with Crippen LogP contribution in [0, 0.1) is 18.6 Å². The fraction of sp³-hybridized carbons (Fsp3) is 0.0833. The summed E-state index contributed by atoms with van der Waals surface area (Å²) in [6.07, 6.45) is 1.29. The van der Waals surface area contributed by atoms with Crippen molar-refractivity contribution in [1.82, 2.24) is 4.98 Å². The van der Waals surface area contributed by atoms with Gasteiger partial charge in [-0.15, -0.1) is 0 Å². The van der Waals surface area contributed by atoms with E-state index in [-0.39, 0.29) is 5.82 Å². The molecule has 5 nitrogen and oxygen atoms in total. The number of halogens is 2. The van der Waals surface area contributed by atoms with E-state index in [0.29, 0.717) is 17.3 Å². The predicted octanol–water partition coefficient (Wildman–Crippen LogP) is 2.05. The molecule has 0 atom stereocenters. The summed E-state index contributed by atoms with van der Waals surface area (Å²) in [7, 11) is -4.19. The van der Waals surface area contributed by atoms with Crippen LogP contribution < -0.4 is 10.5 Å². The minimum Gasteiger partial charge on any atom is -0.397 e. The number of nitrogens with two attached hydrogens (primary N) is 1. The van der Waals surface area contributed by atoms with Crippen LogP contribution in [0.25, 0.3) is 0 Å². The van der Waals surface area contributed by atoms with Gasteiger partial charge >= 0.3 is 0 Å². The van der Waals surface area contributed by atoms with Gasteiger partial charge in [-0.05, 0) is 30.7 Å². The molecule has 0 aliphatic heterocycles. The lowest BCUT2D eigenvalue weighted by Crippen LogP contribution is -2.16. The number of sulfonamides is 1. The van der Waals surface area contributed by atoms with Gasteiger partial charge in [0.1, 0.15) is 22.3 Å². The summed E-state index contributed by atoms with van der Waals surface area (Å²) >= 11 is 0. The van der Waals surface area contributed by atoms with Crippen molar-refractivity contribution < 1.29 is 17.2 Å². The highest BCUT2D eigenvalue weighted by Gasteiger charge is 2.20. The molecule has 8 heteroatoms. The van der Waals surface area contributed by atoms with Crippen LogP contribution in [0.3, 0.4) is 0 Å². The van der Waals surface area contributed by atoms with Gasteiger partial charge in [-0.25, -0.2) is 22.2 Å². The summed E-state index contributed by atoms with van der Waals surface area (Å²) < 4.78 is 52.3. The Balaban J connectivity index is 2.38. The number of nitrogens with one attached hydrogen (secondary N) is 1. The van der Waals surface area contributed by atoms with Crippen LogP contribution in [0.2, 0.25) is 0 Å². The third kappa shape index (κ3) is 2.85. The van der Waals surface area contributed by atoms with Gasteiger partial charge in [-0.3, -0.25) is 4.72 Å². The van der Waals surface area contributed by atoms with Crippen molar-refractivity contribution in [2.24, 2.45) is 0 Å². The molecule has 106 valence electrons. The molecule has 0 radical (unpaired) electrons. The zero-order chi connectivity index (χ0) is 14.9. The third-order valence-corrected chi connectivity index (χ3v) is 3.96. The Morgan fingerprint density at radius 3 is 2.55 bits per heavy atom. The molecular formula is C12H11F2N3O2S. The number of benzene rings is 1. The Labute approximate surface area is 114 Å². The number of nitrogens with zero attached hydrogens (tertiary/aromatic N) is 1. The van der Waals surface area contributed by atoms with Gasteiger partial charge in [-0.1, -0.05) is 0 Å². The van der Waals surface area contributed by atoms with E-state index in [1.54, 1.807) is 6.92 Å². The number of hydrogen-bond donors (Lipinski definition) is 2. The van der Waals surface area contributed by atoms with Gasteiger partial charge in [0.15, 0.2) is 0 Å². The molecule has 1 aromatic heterocycles. The molecule has 2 rings (SSSR count). The Morgan fingerprint density at radius 1 is 1.25 bits per heavy atom. The van der Waals surface area contributed by atoms with Gasteiger partial charge in [0.2, 0.25) is 0 Å². The lowest BCUT2D eigenvalue weighted by Gasteiger charge is -2.09. The molecule has 0 amide bonds. The van der Waals surface area contributed by atoms with Crippen LogP contribution in [0.5, 0.6) is 0 Å². The molecule has 1 aromatic carbocycles. The number of rotatable bonds is 3. The second kappa shape index (κ2) is 5.04. The first-order valence-electron chi connectivity index (χ1n) is 5.49. The van der Waals surface area contributed by atoms with E-state index in [1.807, 2.05) is 0 Å². The molecule has 1 heterocycles. The second-order valence-corrected chi connectivity index (χ2v) is 5.76. The van der Waals surface area contributed by atoms with Crippen molar-refractivity contribution in [3.63, 3.8) is 0 Å². The first-order valence-corrected chi connectivity index (χ1v) is 6.98. The summed E-state index contributed by atoms with van der Waals surface area (Å²) in [4.78, 5) is 3.13. The monoisotopic (exact) mass is 299 g/mol. The van der Waals surface area contributed by atoms with Gasteiger partial charge in [0.25, 0.3) is 10.0 Å². The maximum absolute atomic E-state index is 13.5. The number of anilines is 2. The summed E-state index contributed by atoms with van der Waals surface area (Å²) in [5, 5.41) is 0.